The van der Waals surface area contributed by atoms with Crippen LogP contribution in [0.25, 0.3) is 5.57 Å². The van der Waals surface area contributed by atoms with E-state index in [-0.39, 0.29) is 11.8 Å². The number of allylic oxidation sites excluding steroid dienone is 1. The maximum absolute atomic E-state index is 12.9. The van der Waals surface area contributed by atoms with Gasteiger partial charge < -0.3 is 15.5 Å². The molecule has 2 amide bonds. The van der Waals surface area contributed by atoms with E-state index < -0.39 is 5.92 Å². The molecule has 2 heterocycles. The van der Waals surface area contributed by atoms with Gasteiger partial charge in [0.25, 0.3) is 0 Å². The second-order valence-electron chi connectivity index (χ2n) is 8.38. The number of carbonyl (C=O) groups excluding carboxylic acids is 2. The van der Waals surface area contributed by atoms with Crippen molar-refractivity contribution in [1.29, 1.82) is 0 Å². The molecule has 0 bridgehead atoms. The zero-order chi connectivity index (χ0) is 22.5. The summed E-state index contributed by atoms with van der Waals surface area (Å²) in [6, 6.07) is 13.9. The van der Waals surface area contributed by atoms with Crippen molar-refractivity contribution in [3.05, 3.63) is 64.7 Å². The Morgan fingerprint density at radius 2 is 2.12 bits per heavy atom. The molecule has 0 aromatic heterocycles. The van der Waals surface area contributed by atoms with E-state index in [0.29, 0.717) is 31.0 Å². The highest BCUT2D eigenvalue weighted by molar-refractivity contribution is 6.30. The quantitative estimate of drug-likeness (QED) is 0.604. The molecule has 2 N–H and O–H groups in total. The van der Waals surface area contributed by atoms with Crippen LogP contribution < -0.4 is 15.5 Å². The van der Waals surface area contributed by atoms with Gasteiger partial charge >= 0.3 is 0 Å². The zero-order valence-electron chi connectivity index (χ0n) is 18.5. The molecule has 0 saturated carbocycles. The highest BCUT2D eigenvalue weighted by Crippen LogP contribution is 2.31. The largest absolute Gasteiger partial charge is 0.385 e. The number of amides is 2. The van der Waals surface area contributed by atoms with Gasteiger partial charge in [-0.05, 0) is 73.6 Å². The molecule has 1 unspecified atom stereocenters. The highest BCUT2D eigenvalue weighted by Gasteiger charge is 2.37. The molecule has 2 aromatic carbocycles. The predicted octanol–water partition coefficient (Wildman–Crippen LogP) is 5.05. The summed E-state index contributed by atoms with van der Waals surface area (Å²) >= 11 is 6.24. The minimum atomic E-state index is -0.616. The Morgan fingerprint density at radius 1 is 1.25 bits per heavy atom. The van der Waals surface area contributed by atoms with Gasteiger partial charge in [-0.15, -0.1) is 0 Å². The number of aryl methyl sites for hydroxylation is 1. The minimum absolute atomic E-state index is 0.109. The normalized spacial score (nSPS) is 19.9. The molecule has 1 saturated heterocycles. The maximum Gasteiger partial charge on any atom is 0.239 e. The number of carbonyl (C=O) groups is 2. The van der Waals surface area contributed by atoms with Gasteiger partial charge in [0.05, 0.1) is 0 Å². The first-order chi connectivity index (χ1) is 15.6. The van der Waals surface area contributed by atoms with Crippen molar-refractivity contribution in [3.63, 3.8) is 0 Å². The molecule has 4 rings (SSSR count). The van der Waals surface area contributed by atoms with E-state index in [0.717, 1.165) is 42.7 Å². The third kappa shape index (κ3) is 4.99. The van der Waals surface area contributed by atoms with Gasteiger partial charge in [-0.25, -0.2) is 0 Å². The summed E-state index contributed by atoms with van der Waals surface area (Å²) in [5.74, 6) is -0.905. The summed E-state index contributed by atoms with van der Waals surface area (Å²) < 4.78 is 0. The number of rotatable bonds is 6. The number of nitrogens with zero attached hydrogens (tertiary/aromatic N) is 1. The Hall–Kier alpha value is -2.79. The van der Waals surface area contributed by atoms with Crippen LogP contribution in [0.3, 0.4) is 0 Å². The number of hydrogen-bond donors (Lipinski definition) is 2. The molecule has 0 aliphatic carbocycles. The fourth-order valence-corrected chi connectivity index (χ4v) is 4.62. The number of halogens is 1. The monoisotopic (exact) mass is 451 g/mol. The summed E-state index contributed by atoms with van der Waals surface area (Å²) in [6.45, 7) is 4.09. The van der Waals surface area contributed by atoms with E-state index in [9.17, 15) is 9.59 Å². The lowest BCUT2D eigenvalue weighted by Crippen LogP contribution is -2.37. The van der Waals surface area contributed by atoms with Crippen molar-refractivity contribution in [2.45, 2.75) is 39.0 Å². The Kier molecular flexibility index (Phi) is 7.15. The second kappa shape index (κ2) is 10.2. The summed E-state index contributed by atoms with van der Waals surface area (Å²) in [6.07, 6.45) is 6.44. The number of anilines is 2. The topological polar surface area (TPSA) is 61.4 Å². The molecular formula is C26H30ClN3O2. The number of fused-ring (bicyclic) bond motifs is 1. The number of nitrogens with one attached hydrogen (secondary N) is 2. The Balaban J connectivity index is 1.37. The van der Waals surface area contributed by atoms with Crippen LogP contribution in [-0.4, -0.2) is 31.4 Å². The van der Waals surface area contributed by atoms with Gasteiger partial charge in [-0.3, -0.25) is 9.59 Å². The SMILES string of the molecule is CCc1cccc(N2CCC(C(=O)NCC/C3=C/CCCNc4ccc(Cl)cc43)C2=O)c1. The fraction of sp³-hybridized carbons (Fsp3) is 0.385. The van der Waals surface area contributed by atoms with Crippen molar-refractivity contribution in [3.8, 4) is 0 Å². The lowest BCUT2D eigenvalue weighted by Gasteiger charge is -2.19. The minimum Gasteiger partial charge on any atom is -0.385 e. The molecule has 2 aromatic rings. The Bertz CT molecular complexity index is 1030. The van der Waals surface area contributed by atoms with Crippen molar-refractivity contribution < 1.29 is 9.59 Å². The van der Waals surface area contributed by atoms with Crippen molar-refractivity contribution in [1.82, 2.24) is 5.32 Å². The Labute approximate surface area is 194 Å². The van der Waals surface area contributed by atoms with Gasteiger partial charge in [0.2, 0.25) is 11.8 Å². The zero-order valence-corrected chi connectivity index (χ0v) is 19.3. The molecule has 0 spiro atoms. The average molecular weight is 452 g/mol. The molecule has 2 aliphatic rings. The Morgan fingerprint density at radius 3 is 2.97 bits per heavy atom. The van der Waals surface area contributed by atoms with Gasteiger partial charge in [0.15, 0.2) is 0 Å². The molecule has 2 aliphatic heterocycles. The van der Waals surface area contributed by atoms with E-state index in [1.165, 1.54) is 11.1 Å². The van der Waals surface area contributed by atoms with Gasteiger partial charge in [0.1, 0.15) is 5.92 Å². The lowest BCUT2D eigenvalue weighted by molar-refractivity contribution is -0.132. The van der Waals surface area contributed by atoms with Crippen LogP contribution in [-0.2, 0) is 16.0 Å². The van der Waals surface area contributed by atoms with Crippen LogP contribution in [0.2, 0.25) is 5.02 Å². The molecule has 0 radical (unpaired) electrons. The first kappa shape index (κ1) is 22.4. The summed E-state index contributed by atoms with van der Waals surface area (Å²) in [5, 5.41) is 7.16. The van der Waals surface area contributed by atoms with E-state index in [1.54, 1.807) is 4.90 Å². The summed E-state index contributed by atoms with van der Waals surface area (Å²) in [7, 11) is 0. The van der Waals surface area contributed by atoms with Crippen molar-refractivity contribution in [2.24, 2.45) is 5.92 Å². The molecule has 168 valence electrons. The van der Waals surface area contributed by atoms with Crippen LogP contribution in [0, 0.1) is 5.92 Å². The standard InChI is InChI=1S/C26H30ClN3O2/c1-2-18-6-5-8-21(16-18)30-15-12-22(26(30)32)25(31)29-14-11-19-7-3-4-13-28-24-10-9-20(27)17-23(19)24/h5-10,16-17,22,28H,2-4,11-15H2,1H3,(H,29,31)/b19-7-. The lowest BCUT2D eigenvalue weighted by atomic mass is 9.97. The van der Waals surface area contributed by atoms with Crippen molar-refractivity contribution in [2.75, 3.05) is 29.9 Å². The van der Waals surface area contributed by atoms with Crippen LogP contribution >= 0.6 is 11.6 Å². The van der Waals surface area contributed by atoms with Crippen LogP contribution in [0.1, 0.15) is 43.7 Å². The molecule has 1 atom stereocenters. The fourth-order valence-electron chi connectivity index (χ4n) is 4.45. The first-order valence-electron chi connectivity index (χ1n) is 11.5. The second-order valence-corrected chi connectivity index (χ2v) is 8.82. The third-order valence-electron chi connectivity index (χ3n) is 6.26. The van der Waals surface area contributed by atoms with Crippen molar-refractivity contribution >= 4 is 40.4 Å². The van der Waals surface area contributed by atoms with Crippen LogP contribution in [0.5, 0.6) is 0 Å². The number of benzene rings is 2. The molecule has 6 heteroatoms. The average Bonchev–Trinajstić information content (AvgIpc) is 3.18. The van der Waals surface area contributed by atoms with Crippen LogP contribution in [0.15, 0.2) is 48.5 Å². The summed E-state index contributed by atoms with van der Waals surface area (Å²) in [5.41, 5.74) is 5.40. The number of hydrogen-bond acceptors (Lipinski definition) is 3. The predicted molar refractivity (Wildman–Crippen MR) is 131 cm³/mol. The molecule has 32 heavy (non-hydrogen) atoms. The third-order valence-corrected chi connectivity index (χ3v) is 6.50. The van der Waals surface area contributed by atoms with Gasteiger partial charge in [0, 0.05) is 41.6 Å². The van der Waals surface area contributed by atoms with Gasteiger partial charge in [-0.1, -0.05) is 36.7 Å². The van der Waals surface area contributed by atoms with Crippen LogP contribution in [0.4, 0.5) is 11.4 Å². The first-order valence-corrected chi connectivity index (χ1v) is 11.9. The smallest absolute Gasteiger partial charge is 0.239 e. The van der Waals surface area contributed by atoms with E-state index in [2.05, 4.69) is 29.7 Å². The molecule has 5 nitrogen and oxygen atoms in total. The highest BCUT2D eigenvalue weighted by atomic mass is 35.5. The summed E-state index contributed by atoms with van der Waals surface area (Å²) in [4.78, 5) is 27.5. The van der Waals surface area contributed by atoms with Gasteiger partial charge in [-0.2, -0.15) is 0 Å². The molecular weight excluding hydrogens is 422 g/mol. The molecule has 1 fully saturated rings. The van der Waals surface area contributed by atoms with E-state index in [1.807, 2.05) is 36.4 Å². The maximum atomic E-state index is 12.9. The van der Waals surface area contributed by atoms with E-state index >= 15 is 0 Å². The van der Waals surface area contributed by atoms with E-state index in [4.69, 9.17) is 11.6 Å².